The Morgan fingerprint density at radius 1 is 1.48 bits per heavy atom. The molecule has 0 spiro atoms. The number of hydrogen-bond acceptors (Lipinski definition) is 4. The number of benzene rings is 1. The van der Waals surface area contributed by atoms with E-state index in [1.165, 1.54) is 0 Å². The lowest BCUT2D eigenvalue weighted by Crippen LogP contribution is -2.33. The largest absolute Gasteiger partial charge is 0.461 e. The van der Waals surface area contributed by atoms with Gasteiger partial charge < -0.3 is 10.1 Å². The lowest BCUT2D eigenvalue weighted by Gasteiger charge is -2.18. The molecule has 0 saturated heterocycles. The first-order valence-electron chi connectivity index (χ1n) is 5.18. The van der Waals surface area contributed by atoms with Gasteiger partial charge in [0.1, 0.15) is 5.75 Å². The lowest BCUT2D eigenvalue weighted by molar-refractivity contribution is -0.467. The summed E-state index contributed by atoms with van der Waals surface area (Å²) in [7, 11) is 0. The zero-order valence-electron chi connectivity index (χ0n) is 9.99. The highest BCUT2D eigenvalue weighted by Crippen LogP contribution is 2.34. The highest BCUT2D eigenvalue weighted by Gasteiger charge is 2.44. The van der Waals surface area contributed by atoms with Crippen LogP contribution >= 0.6 is 15.9 Å². The number of nitro groups is 1. The Balaban J connectivity index is 2.81. The van der Waals surface area contributed by atoms with E-state index in [9.17, 15) is 32.5 Å². The number of rotatable bonds is 6. The Labute approximate surface area is 123 Å². The molecular formula is C10H7BrF4N2O4. The van der Waals surface area contributed by atoms with Crippen molar-refractivity contribution >= 4 is 27.5 Å². The maximum Gasteiger partial charge on any atom is 0.461 e. The molecule has 0 aromatic heterocycles. The fraction of sp³-hybridized carbons (Fsp3) is 0.300. The van der Waals surface area contributed by atoms with Crippen LogP contribution in [0.5, 0.6) is 5.75 Å². The average Bonchev–Trinajstić information content (AvgIpc) is 2.31. The van der Waals surface area contributed by atoms with Crippen LogP contribution in [-0.2, 0) is 4.79 Å². The normalized spacial score (nSPS) is 11.3. The molecule has 0 saturated carbocycles. The third kappa shape index (κ3) is 5.17. The van der Waals surface area contributed by atoms with E-state index in [1.54, 1.807) is 0 Å². The molecule has 1 aromatic rings. The van der Waals surface area contributed by atoms with Gasteiger partial charge in [-0.05, 0) is 34.1 Å². The molecule has 0 aliphatic heterocycles. The van der Waals surface area contributed by atoms with Crippen LogP contribution in [-0.4, -0.2) is 29.9 Å². The van der Waals surface area contributed by atoms with Crippen LogP contribution in [0.2, 0.25) is 0 Å². The molecule has 6 nitrogen and oxygen atoms in total. The van der Waals surface area contributed by atoms with Gasteiger partial charge in [0.15, 0.2) is 0 Å². The van der Waals surface area contributed by atoms with Crippen LogP contribution in [0, 0.1) is 10.1 Å². The highest BCUT2D eigenvalue weighted by atomic mass is 79.9. The molecule has 0 radical (unpaired) electrons. The number of ether oxygens (including phenoxy) is 1. The second kappa shape index (κ2) is 6.70. The van der Waals surface area contributed by atoms with Gasteiger partial charge in [-0.1, -0.05) is 0 Å². The number of carbonyl (C=O) groups is 1. The van der Waals surface area contributed by atoms with Crippen molar-refractivity contribution in [2.75, 3.05) is 11.9 Å². The fourth-order valence-corrected chi connectivity index (χ4v) is 1.63. The third-order valence-electron chi connectivity index (χ3n) is 1.99. The zero-order chi connectivity index (χ0) is 16.2. The molecule has 11 heteroatoms. The predicted octanol–water partition coefficient (Wildman–Crippen LogP) is 2.90. The molecule has 21 heavy (non-hydrogen) atoms. The van der Waals surface area contributed by atoms with Gasteiger partial charge in [-0.3, -0.25) is 14.9 Å². The predicted molar refractivity (Wildman–Crippen MR) is 66.2 cm³/mol. The van der Waals surface area contributed by atoms with E-state index in [4.69, 9.17) is 0 Å². The minimum absolute atomic E-state index is 0.0430. The van der Waals surface area contributed by atoms with E-state index < -0.39 is 35.7 Å². The van der Waals surface area contributed by atoms with Crippen molar-refractivity contribution in [2.45, 2.75) is 12.5 Å². The SMILES string of the molecule is O=C(C[N+](=O)[O-])Nc1ccc(OC(F)(F)C(F)F)c(Br)c1. The van der Waals surface area contributed by atoms with Crippen LogP contribution in [0.1, 0.15) is 0 Å². The second-order valence-corrected chi connectivity index (χ2v) is 4.50. The van der Waals surface area contributed by atoms with Gasteiger partial charge >= 0.3 is 12.5 Å². The van der Waals surface area contributed by atoms with E-state index in [0.717, 1.165) is 18.2 Å². The number of amides is 1. The van der Waals surface area contributed by atoms with Gasteiger partial charge in [0, 0.05) is 10.6 Å². The van der Waals surface area contributed by atoms with E-state index in [2.05, 4.69) is 26.0 Å². The van der Waals surface area contributed by atoms with E-state index >= 15 is 0 Å². The Kier molecular flexibility index (Phi) is 5.47. The first-order chi connectivity index (χ1) is 9.61. The Bertz CT molecular complexity index is 556. The highest BCUT2D eigenvalue weighted by molar-refractivity contribution is 9.10. The van der Waals surface area contributed by atoms with Crippen molar-refractivity contribution in [2.24, 2.45) is 0 Å². The van der Waals surface area contributed by atoms with E-state index in [0.29, 0.717) is 0 Å². The Morgan fingerprint density at radius 2 is 2.10 bits per heavy atom. The van der Waals surface area contributed by atoms with Crippen molar-refractivity contribution in [3.05, 3.63) is 32.8 Å². The van der Waals surface area contributed by atoms with Gasteiger partial charge in [-0.15, -0.1) is 0 Å². The van der Waals surface area contributed by atoms with E-state index in [-0.39, 0.29) is 10.2 Å². The zero-order valence-corrected chi connectivity index (χ0v) is 11.6. The maximum atomic E-state index is 12.7. The molecule has 1 N–H and O–H groups in total. The summed E-state index contributed by atoms with van der Waals surface area (Å²) < 4.78 is 53.2. The molecular weight excluding hydrogens is 368 g/mol. The number of halogens is 5. The fourth-order valence-electron chi connectivity index (χ4n) is 1.17. The number of carbonyl (C=O) groups excluding carboxylic acids is 1. The molecule has 0 unspecified atom stereocenters. The van der Waals surface area contributed by atoms with Gasteiger partial charge in [0.2, 0.25) is 0 Å². The summed E-state index contributed by atoms with van der Waals surface area (Å²) in [5.74, 6) is -1.51. The van der Waals surface area contributed by atoms with Gasteiger partial charge in [-0.2, -0.15) is 17.6 Å². The van der Waals surface area contributed by atoms with Crippen molar-refractivity contribution < 1.29 is 32.0 Å². The average molecular weight is 375 g/mol. The van der Waals surface area contributed by atoms with Crippen LogP contribution in [0.3, 0.4) is 0 Å². The Morgan fingerprint density at radius 3 is 2.57 bits per heavy atom. The molecule has 116 valence electrons. The molecule has 0 aliphatic rings. The summed E-state index contributed by atoms with van der Waals surface area (Å²) in [5, 5.41) is 12.2. The summed E-state index contributed by atoms with van der Waals surface area (Å²) >= 11 is 2.80. The van der Waals surface area contributed by atoms with Crippen molar-refractivity contribution in [1.29, 1.82) is 0 Å². The number of alkyl halides is 4. The standard InChI is InChI=1S/C10H7BrF4N2O4/c11-6-3-5(16-8(18)4-17(19)20)1-2-7(6)21-10(14,15)9(12)13/h1-3,9H,4H2,(H,16,18). The number of nitrogens with zero attached hydrogens (tertiary/aromatic N) is 1. The summed E-state index contributed by atoms with van der Waals surface area (Å²) in [6, 6.07) is 3.05. The monoisotopic (exact) mass is 374 g/mol. The summed E-state index contributed by atoms with van der Waals surface area (Å²) in [6.45, 7) is -0.973. The first kappa shape index (κ1) is 17.1. The molecule has 1 aromatic carbocycles. The molecule has 0 atom stereocenters. The molecule has 0 heterocycles. The minimum atomic E-state index is -4.67. The van der Waals surface area contributed by atoms with Gasteiger partial charge in [-0.25, -0.2) is 0 Å². The van der Waals surface area contributed by atoms with Crippen LogP contribution in [0.15, 0.2) is 22.7 Å². The minimum Gasteiger partial charge on any atom is -0.427 e. The van der Waals surface area contributed by atoms with Crippen LogP contribution in [0.4, 0.5) is 23.2 Å². The molecule has 1 rings (SSSR count). The number of hydrogen-bond donors (Lipinski definition) is 1. The molecule has 1 amide bonds. The Hall–Kier alpha value is -1.91. The summed E-state index contributed by atoms with van der Waals surface area (Å²) in [5.41, 5.74) is 0.0430. The quantitative estimate of drug-likeness (QED) is 0.471. The summed E-state index contributed by atoms with van der Waals surface area (Å²) in [6.07, 6.45) is -8.68. The topological polar surface area (TPSA) is 81.5 Å². The molecule has 0 bridgehead atoms. The lowest BCUT2D eigenvalue weighted by atomic mass is 10.3. The first-order valence-corrected chi connectivity index (χ1v) is 5.97. The third-order valence-corrected chi connectivity index (χ3v) is 2.61. The molecule has 0 aliphatic carbocycles. The second-order valence-electron chi connectivity index (χ2n) is 3.65. The van der Waals surface area contributed by atoms with Gasteiger partial charge in [0.25, 0.3) is 12.5 Å². The smallest absolute Gasteiger partial charge is 0.427 e. The van der Waals surface area contributed by atoms with Crippen molar-refractivity contribution in [3.63, 3.8) is 0 Å². The van der Waals surface area contributed by atoms with Crippen LogP contribution in [0.25, 0.3) is 0 Å². The molecule has 0 fully saturated rings. The van der Waals surface area contributed by atoms with E-state index in [1.807, 2.05) is 0 Å². The van der Waals surface area contributed by atoms with Crippen molar-refractivity contribution in [3.8, 4) is 5.75 Å². The van der Waals surface area contributed by atoms with Crippen molar-refractivity contribution in [1.82, 2.24) is 0 Å². The maximum absolute atomic E-state index is 12.7. The summed E-state index contributed by atoms with van der Waals surface area (Å²) in [4.78, 5) is 20.4. The number of nitrogens with one attached hydrogen (secondary N) is 1. The number of anilines is 1. The van der Waals surface area contributed by atoms with Gasteiger partial charge in [0.05, 0.1) is 4.47 Å². The van der Waals surface area contributed by atoms with Crippen LogP contribution < -0.4 is 10.1 Å².